The number of nitriles is 1. The van der Waals surface area contributed by atoms with Gasteiger partial charge in [0.25, 0.3) is 17.4 Å². The first kappa shape index (κ1) is 22.2. The Bertz CT molecular complexity index is 1370. The summed E-state index contributed by atoms with van der Waals surface area (Å²) in [5.41, 5.74) is 1.04. The summed E-state index contributed by atoms with van der Waals surface area (Å²) in [5, 5.41) is 31.1. The van der Waals surface area contributed by atoms with E-state index in [1.54, 1.807) is 36.4 Å². The predicted octanol–water partition coefficient (Wildman–Crippen LogP) is 4.10. The average Bonchev–Trinajstić information content (AvgIpc) is 3.14. The molecule has 1 atom stereocenters. The number of nitrogens with zero attached hydrogens (tertiary/aromatic N) is 3. The second-order valence-corrected chi connectivity index (χ2v) is 7.41. The lowest BCUT2D eigenvalue weighted by atomic mass is 9.95. The molecule has 1 aliphatic rings. The lowest BCUT2D eigenvalue weighted by molar-refractivity contribution is -0.384. The first-order valence-corrected chi connectivity index (χ1v) is 10.1. The van der Waals surface area contributed by atoms with Crippen LogP contribution in [0, 0.1) is 21.4 Å². The number of ether oxygens (including phenoxy) is 1. The quantitative estimate of drug-likeness (QED) is 0.201. The molecule has 0 bridgehead atoms. The van der Waals surface area contributed by atoms with Crippen molar-refractivity contribution < 1.29 is 24.4 Å². The van der Waals surface area contributed by atoms with E-state index in [0.29, 0.717) is 22.6 Å². The molecule has 1 N–H and O–H groups in total. The first-order valence-electron chi connectivity index (χ1n) is 10.1. The van der Waals surface area contributed by atoms with Crippen LogP contribution in [0.4, 0.5) is 11.4 Å². The van der Waals surface area contributed by atoms with E-state index in [2.05, 4.69) is 0 Å². The fourth-order valence-electron chi connectivity index (χ4n) is 3.82. The third-order valence-corrected chi connectivity index (χ3v) is 5.48. The number of methoxy groups -OCH3 is 1. The minimum atomic E-state index is -1.00. The number of carbonyl (C=O) groups excluding carboxylic acids is 2. The minimum absolute atomic E-state index is 0.149. The van der Waals surface area contributed by atoms with E-state index in [1.165, 1.54) is 48.4 Å². The van der Waals surface area contributed by atoms with Gasteiger partial charge in [-0.1, -0.05) is 12.1 Å². The number of hydrogen-bond donors (Lipinski definition) is 1. The highest BCUT2D eigenvalue weighted by atomic mass is 16.6. The van der Waals surface area contributed by atoms with Gasteiger partial charge in [0.1, 0.15) is 11.5 Å². The number of benzene rings is 3. The average molecular weight is 455 g/mol. The Morgan fingerprint density at radius 2 is 1.76 bits per heavy atom. The number of carbonyl (C=O) groups is 2. The Kier molecular flexibility index (Phi) is 5.80. The van der Waals surface area contributed by atoms with Crippen LogP contribution in [0.2, 0.25) is 0 Å². The fourth-order valence-corrected chi connectivity index (χ4v) is 3.82. The van der Waals surface area contributed by atoms with Crippen LogP contribution in [0.25, 0.3) is 5.76 Å². The van der Waals surface area contributed by atoms with E-state index < -0.39 is 28.4 Å². The van der Waals surface area contributed by atoms with Crippen molar-refractivity contribution in [2.75, 3.05) is 12.0 Å². The molecule has 9 heteroatoms. The van der Waals surface area contributed by atoms with Crippen LogP contribution in [0.3, 0.4) is 0 Å². The maximum Gasteiger partial charge on any atom is 0.300 e. The van der Waals surface area contributed by atoms with Gasteiger partial charge in [-0.2, -0.15) is 5.26 Å². The zero-order chi connectivity index (χ0) is 24.4. The molecule has 168 valence electrons. The first-order chi connectivity index (χ1) is 16.3. The number of non-ortho nitro benzene ring substituents is 1. The van der Waals surface area contributed by atoms with Crippen LogP contribution in [0.15, 0.2) is 78.4 Å². The molecule has 0 aliphatic carbocycles. The van der Waals surface area contributed by atoms with Gasteiger partial charge in [-0.25, -0.2) is 0 Å². The molecule has 1 aliphatic heterocycles. The van der Waals surface area contributed by atoms with Crippen molar-refractivity contribution in [3.8, 4) is 11.8 Å². The van der Waals surface area contributed by atoms with Gasteiger partial charge in [0.2, 0.25) is 0 Å². The Morgan fingerprint density at radius 3 is 2.35 bits per heavy atom. The Hall–Kier alpha value is -4.97. The molecule has 3 aromatic carbocycles. The molecular formula is C25H17N3O6. The van der Waals surface area contributed by atoms with E-state index in [1.807, 2.05) is 6.07 Å². The number of rotatable bonds is 5. The van der Waals surface area contributed by atoms with E-state index in [0.717, 1.165) is 0 Å². The van der Waals surface area contributed by atoms with Crippen LogP contribution in [0.5, 0.6) is 5.75 Å². The number of nitro benzene ring substituents is 1. The van der Waals surface area contributed by atoms with Gasteiger partial charge in [-0.05, 0) is 54.1 Å². The largest absolute Gasteiger partial charge is 0.507 e. The summed E-state index contributed by atoms with van der Waals surface area (Å²) in [6.45, 7) is 0. The van der Waals surface area contributed by atoms with E-state index in [4.69, 9.17) is 10.00 Å². The summed E-state index contributed by atoms with van der Waals surface area (Å²) >= 11 is 0. The number of hydrogen-bond acceptors (Lipinski definition) is 7. The SMILES string of the molecule is COc1cccc(C2/C(=C(/O)c3ccc([N+](=O)[O-])cc3)C(=O)C(=O)N2c2ccc(C#N)cc2)c1. The van der Waals surface area contributed by atoms with Crippen molar-refractivity contribution >= 4 is 28.8 Å². The van der Waals surface area contributed by atoms with Crippen LogP contribution in [-0.2, 0) is 9.59 Å². The summed E-state index contributed by atoms with van der Waals surface area (Å²) in [4.78, 5) is 37.9. The predicted molar refractivity (Wildman–Crippen MR) is 122 cm³/mol. The maximum absolute atomic E-state index is 13.1. The normalized spacial score (nSPS) is 16.8. The summed E-state index contributed by atoms with van der Waals surface area (Å²) < 4.78 is 5.29. The highest BCUT2D eigenvalue weighted by molar-refractivity contribution is 6.51. The Labute approximate surface area is 193 Å². The second kappa shape index (κ2) is 8.88. The third kappa shape index (κ3) is 3.84. The van der Waals surface area contributed by atoms with E-state index in [9.17, 15) is 24.8 Å². The molecule has 0 spiro atoms. The molecule has 4 rings (SSSR count). The molecule has 0 aromatic heterocycles. The molecule has 1 heterocycles. The van der Waals surface area contributed by atoms with Gasteiger partial charge in [0.15, 0.2) is 0 Å². The summed E-state index contributed by atoms with van der Waals surface area (Å²) in [7, 11) is 1.48. The van der Waals surface area contributed by atoms with Gasteiger partial charge >= 0.3 is 0 Å². The third-order valence-electron chi connectivity index (χ3n) is 5.48. The molecule has 3 aromatic rings. The molecule has 9 nitrogen and oxygen atoms in total. The molecule has 1 fully saturated rings. The Morgan fingerprint density at radius 1 is 1.09 bits per heavy atom. The monoisotopic (exact) mass is 455 g/mol. The summed E-state index contributed by atoms with van der Waals surface area (Å²) in [5.74, 6) is -1.75. The zero-order valence-electron chi connectivity index (χ0n) is 17.8. The van der Waals surface area contributed by atoms with Crippen molar-refractivity contribution in [3.05, 3.63) is 105 Å². The topological polar surface area (TPSA) is 134 Å². The highest BCUT2D eigenvalue weighted by Crippen LogP contribution is 2.43. The summed E-state index contributed by atoms with van der Waals surface area (Å²) in [6, 6.07) is 18.9. The summed E-state index contributed by atoms with van der Waals surface area (Å²) in [6.07, 6.45) is 0. The molecule has 1 amide bonds. The van der Waals surface area contributed by atoms with Gasteiger partial charge in [0.05, 0.1) is 35.3 Å². The highest BCUT2D eigenvalue weighted by Gasteiger charge is 2.47. The van der Waals surface area contributed by atoms with E-state index >= 15 is 0 Å². The van der Waals surface area contributed by atoms with Gasteiger partial charge in [-0.15, -0.1) is 0 Å². The number of Topliss-reactive ketones (excluding diaryl/α,β-unsaturated/α-hetero) is 1. The Balaban J connectivity index is 1.92. The number of ketones is 1. The lowest BCUT2D eigenvalue weighted by Crippen LogP contribution is -2.29. The van der Waals surface area contributed by atoms with Crippen molar-refractivity contribution in [1.82, 2.24) is 0 Å². The standard InChI is InChI=1S/C25H17N3O6/c1-34-20-4-2-3-17(13-20)22-21(23(29)16-7-11-19(12-8-16)28(32)33)24(30)25(31)27(22)18-9-5-15(14-26)6-10-18/h2-13,22,29H,1H3/b23-21-. The number of amides is 1. The molecule has 0 radical (unpaired) electrons. The van der Waals surface area contributed by atoms with Gasteiger partial charge in [-0.3, -0.25) is 24.6 Å². The van der Waals surface area contributed by atoms with Crippen molar-refractivity contribution in [2.24, 2.45) is 0 Å². The van der Waals surface area contributed by atoms with Crippen LogP contribution in [0.1, 0.15) is 22.7 Å². The van der Waals surface area contributed by atoms with Crippen molar-refractivity contribution in [1.29, 1.82) is 5.26 Å². The number of nitro groups is 1. The zero-order valence-corrected chi connectivity index (χ0v) is 17.8. The fraction of sp³-hybridized carbons (Fsp3) is 0.0800. The minimum Gasteiger partial charge on any atom is -0.507 e. The van der Waals surface area contributed by atoms with Crippen LogP contribution >= 0.6 is 0 Å². The van der Waals surface area contributed by atoms with Crippen LogP contribution < -0.4 is 9.64 Å². The molecule has 0 saturated carbocycles. The van der Waals surface area contributed by atoms with E-state index in [-0.39, 0.29) is 16.8 Å². The maximum atomic E-state index is 13.1. The molecular weight excluding hydrogens is 438 g/mol. The van der Waals surface area contributed by atoms with Gasteiger partial charge in [0, 0.05) is 23.4 Å². The van der Waals surface area contributed by atoms with Crippen LogP contribution in [-0.4, -0.2) is 28.8 Å². The molecule has 1 saturated heterocycles. The number of aliphatic hydroxyl groups excluding tert-OH is 1. The van der Waals surface area contributed by atoms with Crippen molar-refractivity contribution in [2.45, 2.75) is 6.04 Å². The number of anilines is 1. The molecule has 1 unspecified atom stereocenters. The second-order valence-electron chi connectivity index (χ2n) is 7.41. The smallest absolute Gasteiger partial charge is 0.300 e. The van der Waals surface area contributed by atoms with Gasteiger partial charge < -0.3 is 9.84 Å². The van der Waals surface area contributed by atoms with Crippen molar-refractivity contribution in [3.63, 3.8) is 0 Å². The number of aliphatic hydroxyl groups is 1. The lowest BCUT2D eigenvalue weighted by Gasteiger charge is -2.25. The molecule has 34 heavy (non-hydrogen) atoms.